The van der Waals surface area contributed by atoms with Crippen molar-refractivity contribution in [3.05, 3.63) is 51.9 Å². The summed E-state index contributed by atoms with van der Waals surface area (Å²) in [5.74, 6) is 0.749. The predicted molar refractivity (Wildman–Crippen MR) is 102 cm³/mol. The molecule has 1 saturated heterocycles. The summed E-state index contributed by atoms with van der Waals surface area (Å²) < 4.78 is 27.3. The monoisotopic (exact) mass is 389 g/mol. The highest BCUT2D eigenvalue weighted by molar-refractivity contribution is 5.92. The number of nitrogens with zero attached hydrogens (tertiary/aromatic N) is 3. The molecule has 1 fully saturated rings. The fourth-order valence-electron chi connectivity index (χ4n) is 3.37. The van der Waals surface area contributed by atoms with Crippen molar-refractivity contribution < 1.29 is 18.7 Å². The van der Waals surface area contributed by atoms with Crippen LogP contribution in [-0.4, -0.2) is 47.9 Å². The topological polar surface area (TPSA) is 73.7 Å². The molecule has 0 saturated carbocycles. The molecular weight excluding hydrogens is 365 g/mol. The SMILES string of the molecule is CCn1nc(C(=O)N2CCC(F)(c3cc(OC)cc(OC)c3)CC2)ccc1=O. The molecule has 0 bridgehead atoms. The van der Waals surface area contributed by atoms with Crippen LogP contribution in [0.15, 0.2) is 35.1 Å². The number of hydrogen-bond donors (Lipinski definition) is 0. The van der Waals surface area contributed by atoms with Gasteiger partial charge in [0.15, 0.2) is 0 Å². The zero-order chi connectivity index (χ0) is 20.3. The largest absolute Gasteiger partial charge is 0.497 e. The first kappa shape index (κ1) is 19.9. The van der Waals surface area contributed by atoms with Crippen LogP contribution in [-0.2, 0) is 12.2 Å². The normalized spacial score (nSPS) is 15.9. The molecule has 1 amide bonds. The molecule has 7 nitrogen and oxygen atoms in total. The first-order chi connectivity index (χ1) is 13.4. The minimum atomic E-state index is -1.58. The van der Waals surface area contributed by atoms with Gasteiger partial charge in [-0.2, -0.15) is 5.10 Å². The Kier molecular flexibility index (Phi) is 5.67. The van der Waals surface area contributed by atoms with Gasteiger partial charge in [-0.05, 0) is 30.7 Å². The summed E-state index contributed by atoms with van der Waals surface area (Å²) in [5, 5.41) is 4.09. The number of aryl methyl sites for hydroxylation is 1. The molecule has 2 heterocycles. The van der Waals surface area contributed by atoms with Gasteiger partial charge in [0.2, 0.25) is 0 Å². The molecule has 8 heteroatoms. The van der Waals surface area contributed by atoms with Crippen molar-refractivity contribution in [3.63, 3.8) is 0 Å². The maximum Gasteiger partial charge on any atom is 0.274 e. The van der Waals surface area contributed by atoms with Crippen LogP contribution in [0, 0.1) is 0 Å². The Morgan fingerprint density at radius 3 is 2.29 bits per heavy atom. The number of halogens is 1. The van der Waals surface area contributed by atoms with E-state index < -0.39 is 5.67 Å². The van der Waals surface area contributed by atoms with Crippen LogP contribution in [0.2, 0.25) is 0 Å². The summed E-state index contributed by atoms with van der Waals surface area (Å²) in [6, 6.07) is 7.77. The predicted octanol–water partition coefficient (Wildman–Crippen LogP) is 2.38. The van der Waals surface area contributed by atoms with E-state index in [0.717, 1.165) is 0 Å². The smallest absolute Gasteiger partial charge is 0.274 e. The third-order valence-electron chi connectivity index (χ3n) is 5.10. The first-order valence-corrected chi connectivity index (χ1v) is 9.20. The van der Waals surface area contributed by atoms with Gasteiger partial charge in [0.25, 0.3) is 11.5 Å². The van der Waals surface area contributed by atoms with Gasteiger partial charge in [0, 0.05) is 44.6 Å². The number of rotatable bonds is 5. The van der Waals surface area contributed by atoms with Gasteiger partial charge in [-0.25, -0.2) is 9.07 Å². The van der Waals surface area contributed by atoms with E-state index in [1.807, 2.05) is 0 Å². The van der Waals surface area contributed by atoms with E-state index in [2.05, 4.69) is 5.10 Å². The number of methoxy groups -OCH3 is 2. The zero-order valence-electron chi connectivity index (χ0n) is 16.3. The van der Waals surface area contributed by atoms with Gasteiger partial charge in [-0.15, -0.1) is 0 Å². The van der Waals surface area contributed by atoms with Gasteiger partial charge >= 0.3 is 0 Å². The molecule has 0 radical (unpaired) electrons. The van der Waals surface area contributed by atoms with Crippen LogP contribution in [0.1, 0.15) is 35.8 Å². The number of alkyl halides is 1. The number of amides is 1. The molecule has 1 aliphatic heterocycles. The van der Waals surface area contributed by atoms with E-state index >= 15 is 4.39 Å². The molecule has 2 aromatic rings. The number of aromatic nitrogens is 2. The van der Waals surface area contributed by atoms with Gasteiger partial charge in [0.1, 0.15) is 22.9 Å². The summed E-state index contributed by atoms with van der Waals surface area (Å²) in [4.78, 5) is 25.9. The second-order valence-corrected chi connectivity index (χ2v) is 6.73. The lowest BCUT2D eigenvalue weighted by atomic mass is 9.85. The maximum absolute atomic E-state index is 15.6. The number of piperidine rings is 1. The molecule has 3 rings (SSSR count). The standard InChI is InChI=1S/C20H24FN3O4/c1-4-24-18(25)6-5-17(22-24)19(26)23-9-7-20(21,8-10-23)14-11-15(27-2)13-16(12-14)28-3/h5-6,11-13H,4,7-10H2,1-3H3. The van der Waals surface area contributed by atoms with Crippen molar-refractivity contribution in [3.8, 4) is 11.5 Å². The lowest BCUT2D eigenvalue weighted by molar-refractivity contribution is 0.0413. The number of likely N-dealkylation sites (tertiary alicyclic amines) is 1. The second-order valence-electron chi connectivity index (χ2n) is 6.73. The molecular formula is C20H24FN3O4. The maximum atomic E-state index is 15.6. The zero-order valence-corrected chi connectivity index (χ0v) is 16.3. The van der Waals surface area contributed by atoms with E-state index in [0.29, 0.717) is 23.6 Å². The van der Waals surface area contributed by atoms with Gasteiger partial charge in [-0.3, -0.25) is 9.59 Å². The average molecular weight is 389 g/mol. The number of ether oxygens (including phenoxy) is 2. The molecule has 1 aromatic heterocycles. The fraction of sp³-hybridized carbons (Fsp3) is 0.450. The number of hydrogen-bond acceptors (Lipinski definition) is 5. The quantitative estimate of drug-likeness (QED) is 0.785. The van der Waals surface area contributed by atoms with Crippen molar-refractivity contribution in [2.45, 2.75) is 32.0 Å². The summed E-state index contributed by atoms with van der Waals surface area (Å²) in [6.07, 6.45) is 0.310. The van der Waals surface area contributed by atoms with Crippen molar-refractivity contribution in [1.29, 1.82) is 0 Å². The second kappa shape index (κ2) is 8.00. The van der Waals surface area contributed by atoms with Crippen molar-refractivity contribution >= 4 is 5.91 Å². The molecule has 0 atom stereocenters. The van der Waals surface area contributed by atoms with Crippen molar-refractivity contribution in [2.75, 3.05) is 27.3 Å². The molecule has 0 aliphatic carbocycles. The van der Waals surface area contributed by atoms with Crippen molar-refractivity contribution in [1.82, 2.24) is 14.7 Å². The van der Waals surface area contributed by atoms with Crippen LogP contribution < -0.4 is 15.0 Å². The molecule has 28 heavy (non-hydrogen) atoms. The van der Waals surface area contributed by atoms with Gasteiger partial charge in [-0.1, -0.05) is 0 Å². The molecule has 1 aliphatic rings. The number of benzene rings is 1. The highest BCUT2D eigenvalue weighted by atomic mass is 19.1. The Labute approximate surface area is 162 Å². The van der Waals surface area contributed by atoms with Crippen molar-refractivity contribution in [2.24, 2.45) is 0 Å². The van der Waals surface area contributed by atoms with Gasteiger partial charge in [0.05, 0.1) is 14.2 Å². The lowest BCUT2D eigenvalue weighted by Crippen LogP contribution is -2.44. The third kappa shape index (κ3) is 3.85. The Morgan fingerprint density at radius 1 is 1.14 bits per heavy atom. The Morgan fingerprint density at radius 2 is 1.75 bits per heavy atom. The van der Waals surface area contributed by atoms with Crippen LogP contribution in [0.4, 0.5) is 4.39 Å². The summed E-state index contributed by atoms with van der Waals surface area (Å²) in [5.41, 5.74) is -1.16. The molecule has 1 aromatic carbocycles. The molecule has 150 valence electrons. The van der Waals surface area contributed by atoms with Crippen LogP contribution in [0.5, 0.6) is 11.5 Å². The van der Waals surface area contributed by atoms with E-state index in [1.165, 1.54) is 31.0 Å². The minimum absolute atomic E-state index is 0.155. The van der Waals surface area contributed by atoms with E-state index in [1.54, 1.807) is 30.0 Å². The van der Waals surface area contributed by atoms with E-state index in [9.17, 15) is 9.59 Å². The Balaban J connectivity index is 1.76. The average Bonchev–Trinajstić information content (AvgIpc) is 2.73. The van der Waals surface area contributed by atoms with Gasteiger partial charge < -0.3 is 14.4 Å². The summed E-state index contributed by atoms with van der Waals surface area (Å²) >= 11 is 0. The van der Waals surface area contributed by atoms with Crippen LogP contribution >= 0.6 is 0 Å². The first-order valence-electron chi connectivity index (χ1n) is 9.20. The molecule has 0 unspecified atom stereocenters. The molecule has 0 spiro atoms. The summed E-state index contributed by atoms with van der Waals surface area (Å²) in [7, 11) is 3.04. The number of carbonyl (C=O) groups is 1. The molecule has 0 N–H and O–H groups in total. The highest BCUT2D eigenvalue weighted by Crippen LogP contribution is 2.40. The lowest BCUT2D eigenvalue weighted by Gasteiger charge is -2.36. The Hall–Kier alpha value is -2.90. The summed E-state index contributed by atoms with van der Waals surface area (Å²) in [6.45, 7) is 2.66. The third-order valence-corrected chi connectivity index (χ3v) is 5.10. The highest BCUT2D eigenvalue weighted by Gasteiger charge is 2.38. The van der Waals surface area contributed by atoms with E-state index in [-0.39, 0.29) is 43.1 Å². The number of carbonyl (C=O) groups excluding carboxylic acids is 1. The fourth-order valence-corrected chi connectivity index (χ4v) is 3.37. The van der Waals surface area contributed by atoms with Crippen LogP contribution in [0.3, 0.4) is 0 Å². The van der Waals surface area contributed by atoms with E-state index in [4.69, 9.17) is 9.47 Å². The minimum Gasteiger partial charge on any atom is -0.497 e. The Bertz CT molecular complexity index is 898. The van der Waals surface area contributed by atoms with Crippen LogP contribution in [0.25, 0.3) is 0 Å².